The van der Waals surface area contributed by atoms with E-state index in [2.05, 4.69) is 30.3 Å². The van der Waals surface area contributed by atoms with Gasteiger partial charge in [0.1, 0.15) is 5.78 Å². The summed E-state index contributed by atoms with van der Waals surface area (Å²) in [6, 6.07) is 10.6. The Kier molecular flexibility index (Phi) is 8.31. The Labute approximate surface area is 96.5 Å². The minimum atomic E-state index is 0.343. The van der Waals surface area contributed by atoms with Crippen LogP contribution in [0.5, 0.6) is 0 Å². The molecule has 0 aliphatic heterocycles. The van der Waals surface area contributed by atoms with Crippen LogP contribution >= 0.6 is 0 Å². The molecular formula is C11H15HgO. The molecule has 67 valence electrons. The average Bonchev–Trinajstić information content (AvgIpc) is 2.19. The number of ketones is 1. The summed E-state index contributed by atoms with van der Waals surface area (Å²) in [6.07, 6.45) is 1.38. The molecule has 0 spiro atoms. The second kappa shape index (κ2) is 8.42. The van der Waals surface area contributed by atoms with Crippen molar-refractivity contribution in [2.75, 3.05) is 0 Å². The second-order valence-electron chi connectivity index (χ2n) is 2.73. The van der Waals surface area contributed by atoms with E-state index in [1.54, 1.807) is 0 Å². The van der Waals surface area contributed by atoms with Crippen molar-refractivity contribution >= 4 is 8.86 Å². The van der Waals surface area contributed by atoms with Gasteiger partial charge in [-0.25, -0.2) is 0 Å². The van der Waals surface area contributed by atoms with Crippen molar-refractivity contribution in [2.24, 2.45) is 0 Å². The van der Waals surface area contributed by atoms with E-state index in [9.17, 15) is 4.79 Å². The summed E-state index contributed by atoms with van der Waals surface area (Å²) in [6.45, 7) is 3.76. The first-order chi connectivity index (χ1) is 6.20. The van der Waals surface area contributed by atoms with Gasteiger partial charge < -0.3 is 0 Å². The van der Waals surface area contributed by atoms with Gasteiger partial charge in [-0.2, -0.15) is 0 Å². The van der Waals surface area contributed by atoms with Crippen LogP contribution in [0.3, 0.4) is 0 Å². The van der Waals surface area contributed by atoms with E-state index in [0.717, 1.165) is 26.1 Å². The first-order valence-electron chi connectivity index (χ1n) is 4.59. The number of hydrogen-bond acceptors (Lipinski definition) is 1. The van der Waals surface area contributed by atoms with Gasteiger partial charge in [-0.05, 0) is 0 Å². The minimum absolute atomic E-state index is 0.343. The van der Waals surface area contributed by atoms with E-state index in [0.29, 0.717) is 18.6 Å². The van der Waals surface area contributed by atoms with Gasteiger partial charge in [0.25, 0.3) is 0 Å². The summed E-state index contributed by atoms with van der Waals surface area (Å²) >= 11 is 0.810. The zero-order valence-corrected chi connectivity index (χ0v) is 13.9. The van der Waals surface area contributed by atoms with Crippen LogP contribution in [-0.4, -0.2) is 5.78 Å². The van der Waals surface area contributed by atoms with Crippen LogP contribution in [0, 0.1) is 0 Å². The fourth-order valence-corrected chi connectivity index (χ4v) is 1.79. The van der Waals surface area contributed by atoms with E-state index in [4.69, 9.17) is 0 Å². The van der Waals surface area contributed by atoms with Crippen LogP contribution in [0.4, 0.5) is 0 Å². The molecule has 2 heteroatoms. The Morgan fingerprint density at radius 3 is 1.77 bits per heavy atom. The van der Waals surface area contributed by atoms with Crippen LogP contribution in [0.15, 0.2) is 30.3 Å². The third-order valence-electron chi connectivity index (χ3n) is 1.63. The van der Waals surface area contributed by atoms with E-state index in [1.807, 2.05) is 13.8 Å². The SMILES string of the molecule is CCC(=O)CC.[Hg][c]1ccccc1. The second-order valence-corrected chi connectivity index (χ2v) is 5.91. The zero-order valence-electron chi connectivity index (χ0n) is 8.42. The van der Waals surface area contributed by atoms with Crippen LogP contribution in [0.2, 0.25) is 0 Å². The molecule has 0 fully saturated rings. The third-order valence-corrected chi connectivity index (χ3v) is 3.46. The van der Waals surface area contributed by atoms with Crippen LogP contribution in [0.1, 0.15) is 26.7 Å². The van der Waals surface area contributed by atoms with Crippen molar-refractivity contribution in [1.82, 2.24) is 0 Å². The molecule has 0 radical (unpaired) electrons. The van der Waals surface area contributed by atoms with Gasteiger partial charge in [0.15, 0.2) is 0 Å². The molecule has 1 aromatic rings. The Balaban J connectivity index is 0.000000226. The number of hydrogen-bond donors (Lipinski definition) is 0. The third kappa shape index (κ3) is 8.16. The van der Waals surface area contributed by atoms with E-state index >= 15 is 0 Å². The summed E-state index contributed by atoms with van der Waals surface area (Å²) in [7, 11) is 0. The van der Waals surface area contributed by atoms with E-state index in [1.165, 1.54) is 3.07 Å². The zero-order chi connectivity index (χ0) is 10.1. The normalized spacial score (nSPS) is 8.62. The number of carbonyl (C=O) groups is 1. The Bertz CT molecular complexity index is 225. The standard InChI is InChI=1S/C6H5.C5H10O.Hg/c1-2-4-6-5-3-1;1-3-5(6)4-2;/h1-5H;3-4H2,1-2H3;. The summed E-state index contributed by atoms with van der Waals surface area (Å²) in [4.78, 5) is 10.2. The molecule has 0 saturated heterocycles. The predicted octanol–water partition coefficient (Wildman–Crippen LogP) is 2.23. The fourth-order valence-electron chi connectivity index (χ4n) is 0.728. The molecule has 0 aliphatic carbocycles. The average molecular weight is 364 g/mol. The maximum absolute atomic E-state index is 10.2. The van der Waals surface area contributed by atoms with E-state index < -0.39 is 0 Å². The summed E-state index contributed by atoms with van der Waals surface area (Å²) in [5, 5.41) is 0. The fraction of sp³-hybridized carbons (Fsp3) is 0.364. The molecule has 1 rings (SSSR count). The van der Waals surface area contributed by atoms with Crippen molar-refractivity contribution in [1.29, 1.82) is 0 Å². The summed E-state index contributed by atoms with van der Waals surface area (Å²) in [5.74, 6) is 0.343. The molecule has 13 heavy (non-hydrogen) atoms. The van der Waals surface area contributed by atoms with Gasteiger partial charge in [0, 0.05) is 12.8 Å². The molecular weight excluding hydrogens is 349 g/mol. The molecule has 0 N–H and O–H groups in total. The first kappa shape index (κ1) is 12.8. The molecule has 0 aromatic heterocycles. The summed E-state index contributed by atoms with van der Waals surface area (Å²) < 4.78 is 1.52. The van der Waals surface area contributed by atoms with Crippen molar-refractivity contribution in [3.63, 3.8) is 0 Å². The van der Waals surface area contributed by atoms with Gasteiger partial charge >= 0.3 is 59.5 Å². The summed E-state index contributed by atoms with van der Waals surface area (Å²) in [5.41, 5.74) is 0. The molecule has 0 amide bonds. The Hall–Kier alpha value is -0.175. The molecule has 0 bridgehead atoms. The Morgan fingerprint density at radius 1 is 1.15 bits per heavy atom. The topological polar surface area (TPSA) is 17.1 Å². The van der Waals surface area contributed by atoms with Crippen LogP contribution in [-0.2, 0) is 30.9 Å². The van der Waals surface area contributed by atoms with Crippen molar-refractivity contribution in [3.05, 3.63) is 30.3 Å². The molecule has 0 heterocycles. The van der Waals surface area contributed by atoms with Gasteiger partial charge in [0.2, 0.25) is 0 Å². The number of Topliss-reactive ketones (excluding diaryl/α,β-unsaturated/α-hetero) is 1. The predicted molar refractivity (Wildman–Crippen MR) is 51.7 cm³/mol. The molecule has 0 atom stereocenters. The van der Waals surface area contributed by atoms with Crippen LogP contribution < -0.4 is 3.07 Å². The maximum atomic E-state index is 10.2. The van der Waals surface area contributed by atoms with Crippen molar-refractivity contribution in [3.8, 4) is 0 Å². The Morgan fingerprint density at radius 2 is 1.62 bits per heavy atom. The quantitative estimate of drug-likeness (QED) is 0.736. The van der Waals surface area contributed by atoms with Crippen LogP contribution in [0.25, 0.3) is 0 Å². The first-order valence-corrected chi connectivity index (χ1v) is 7.34. The van der Waals surface area contributed by atoms with Gasteiger partial charge in [0.05, 0.1) is 0 Å². The van der Waals surface area contributed by atoms with Gasteiger partial charge in [-0.3, -0.25) is 4.79 Å². The number of carbonyl (C=O) groups excluding carboxylic acids is 1. The van der Waals surface area contributed by atoms with E-state index in [-0.39, 0.29) is 0 Å². The van der Waals surface area contributed by atoms with Crippen molar-refractivity contribution < 1.29 is 30.9 Å². The number of rotatable bonds is 2. The number of benzene rings is 1. The molecule has 0 aliphatic rings. The van der Waals surface area contributed by atoms with Gasteiger partial charge in [-0.1, -0.05) is 13.8 Å². The van der Waals surface area contributed by atoms with Crippen molar-refractivity contribution in [2.45, 2.75) is 26.7 Å². The molecule has 0 saturated carbocycles. The molecule has 0 unspecified atom stereocenters. The monoisotopic (exact) mass is 365 g/mol. The van der Waals surface area contributed by atoms with Gasteiger partial charge in [-0.15, -0.1) is 0 Å². The molecule has 1 nitrogen and oxygen atoms in total. The molecule has 1 aromatic carbocycles.